The summed E-state index contributed by atoms with van der Waals surface area (Å²) in [6.45, 7) is 2.82. The topological polar surface area (TPSA) is 92.1 Å². The monoisotopic (exact) mass is 308 g/mol. The highest BCUT2D eigenvalue weighted by molar-refractivity contribution is 7.89. The molecule has 0 saturated carbocycles. The van der Waals surface area contributed by atoms with Crippen LogP contribution in [0.25, 0.3) is 0 Å². The van der Waals surface area contributed by atoms with E-state index in [-0.39, 0.29) is 23.3 Å². The van der Waals surface area contributed by atoms with Crippen LogP contribution in [0.2, 0.25) is 0 Å². The van der Waals surface area contributed by atoms with Gasteiger partial charge in [0.1, 0.15) is 4.90 Å². The van der Waals surface area contributed by atoms with Crippen LogP contribution >= 0.6 is 12.4 Å². The number of hydrogen-bond acceptors (Lipinski definition) is 4. The Morgan fingerprint density at radius 2 is 2.26 bits per heavy atom. The van der Waals surface area contributed by atoms with Gasteiger partial charge in [-0.1, -0.05) is 6.42 Å². The third-order valence-corrected chi connectivity index (χ3v) is 5.51. The minimum absolute atomic E-state index is 0. The van der Waals surface area contributed by atoms with E-state index in [1.807, 2.05) is 0 Å². The summed E-state index contributed by atoms with van der Waals surface area (Å²) < 4.78 is 26.8. The van der Waals surface area contributed by atoms with Gasteiger partial charge in [0.25, 0.3) is 0 Å². The molecule has 1 saturated heterocycles. The normalized spacial score (nSPS) is 21.1. The molecule has 8 heteroatoms. The number of piperidine rings is 1. The first-order chi connectivity index (χ1) is 8.57. The predicted molar refractivity (Wildman–Crippen MR) is 75.8 cm³/mol. The Bertz CT molecular complexity index is 501. The van der Waals surface area contributed by atoms with E-state index in [4.69, 9.17) is 5.73 Å². The van der Waals surface area contributed by atoms with E-state index in [2.05, 4.69) is 10.2 Å². The first kappa shape index (κ1) is 16.4. The fourth-order valence-corrected chi connectivity index (χ4v) is 4.34. The number of sulfonamides is 1. The highest BCUT2D eigenvalue weighted by Gasteiger charge is 2.34. The maximum absolute atomic E-state index is 12.6. The van der Waals surface area contributed by atoms with Crippen LogP contribution in [0.15, 0.2) is 11.1 Å². The molecule has 2 rings (SSSR count). The number of aromatic amines is 1. The van der Waals surface area contributed by atoms with Gasteiger partial charge in [0.05, 0.1) is 11.9 Å². The number of nitrogens with one attached hydrogen (secondary N) is 1. The van der Waals surface area contributed by atoms with E-state index < -0.39 is 10.0 Å². The molecular weight excluding hydrogens is 288 g/mol. The molecule has 6 nitrogen and oxygen atoms in total. The number of halogens is 1. The van der Waals surface area contributed by atoms with Gasteiger partial charge in [0, 0.05) is 12.6 Å². The standard InChI is InChI=1S/C11H20N4O2S.ClH/c1-9-11(8-13-14-9)18(16,17)15-7-3-2-4-10(15)5-6-12;/h8,10H,2-7,12H2,1H3,(H,13,14);1H. The summed E-state index contributed by atoms with van der Waals surface area (Å²) in [4.78, 5) is 0.284. The minimum atomic E-state index is -3.44. The quantitative estimate of drug-likeness (QED) is 0.869. The third-order valence-electron chi connectivity index (χ3n) is 3.44. The number of hydrogen-bond donors (Lipinski definition) is 2. The lowest BCUT2D eigenvalue weighted by atomic mass is 10.0. The van der Waals surface area contributed by atoms with Gasteiger partial charge in [-0.05, 0) is 32.7 Å². The summed E-state index contributed by atoms with van der Waals surface area (Å²) in [7, 11) is -3.44. The Kier molecular flexibility index (Phi) is 5.79. The second-order valence-corrected chi connectivity index (χ2v) is 6.56. The maximum Gasteiger partial charge on any atom is 0.246 e. The molecular formula is C11H21ClN4O2S. The molecule has 0 bridgehead atoms. The molecule has 1 aliphatic rings. The van der Waals surface area contributed by atoms with Gasteiger partial charge in [0.2, 0.25) is 10.0 Å². The highest BCUT2D eigenvalue weighted by atomic mass is 35.5. The zero-order valence-corrected chi connectivity index (χ0v) is 12.6. The molecule has 1 aromatic rings. The van der Waals surface area contributed by atoms with Gasteiger partial charge in [-0.25, -0.2) is 8.42 Å². The van der Waals surface area contributed by atoms with Crippen molar-refractivity contribution < 1.29 is 8.42 Å². The Balaban J connectivity index is 0.00000180. The van der Waals surface area contributed by atoms with E-state index in [1.165, 1.54) is 6.20 Å². The molecule has 1 unspecified atom stereocenters. The summed E-state index contributed by atoms with van der Waals surface area (Å²) in [5.74, 6) is 0. The van der Waals surface area contributed by atoms with Crippen molar-refractivity contribution in [1.82, 2.24) is 14.5 Å². The van der Waals surface area contributed by atoms with Gasteiger partial charge in [-0.2, -0.15) is 9.40 Å². The van der Waals surface area contributed by atoms with Crippen molar-refractivity contribution in [2.75, 3.05) is 13.1 Å². The molecule has 1 aromatic heterocycles. The van der Waals surface area contributed by atoms with Crippen molar-refractivity contribution >= 4 is 22.4 Å². The fourth-order valence-electron chi connectivity index (χ4n) is 2.50. The summed E-state index contributed by atoms with van der Waals surface area (Å²) in [6, 6.07) is 0.0306. The predicted octanol–water partition coefficient (Wildman–Crippen LogP) is 1.03. The first-order valence-electron chi connectivity index (χ1n) is 6.29. The summed E-state index contributed by atoms with van der Waals surface area (Å²) in [5.41, 5.74) is 6.16. The van der Waals surface area contributed by atoms with Crippen molar-refractivity contribution in [3.8, 4) is 0 Å². The molecule has 110 valence electrons. The molecule has 3 N–H and O–H groups in total. The van der Waals surface area contributed by atoms with Crippen LogP contribution < -0.4 is 5.73 Å². The molecule has 2 heterocycles. The van der Waals surface area contributed by atoms with Crippen LogP contribution in [-0.2, 0) is 10.0 Å². The van der Waals surface area contributed by atoms with Crippen LogP contribution in [0.3, 0.4) is 0 Å². The average molecular weight is 309 g/mol. The fraction of sp³-hybridized carbons (Fsp3) is 0.727. The van der Waals surface area contributed by atoms with Gasteiger partial charge in [-0.15, -0.1) is 12.4 Å². The largest absolute Gasteiger partial charge is 0.330 e. The van der Waals surface area contributed by atoms with Crippen LogP contribution in [0.4, 0.5) is 0 Å². The molecule has 0 aromatic carbocycles. The second-order valence-electron chi connectivity index (χ2n) is 4.70. The summed E-state index contributed by atoms with van der Waals surface area (Å²) >= 11 is 0. The van der Waals surface area contributed by atoms with E-state index in [0.29, 0.717) is 18.8 Å². The number of H-pyrrole nitrogens is 1. The molecule has 1 aliphatic heterocycles. The van der Waals surface area contributed by atoms with Crippen LogP contribution in [0.1, 0.15) is 31.4 Å². The Morgan fingerprint density at radius 3 is 2.84 bits per heavy atom. The van der Waals surface area contributed by atoms with Gasteiger partial charge in [0.15, 0.2) is 0 Å². The highest BCUT2D eigenvalue weighted by Crippen LogP contribution is 2.27. The molecule has 1 atom stereocenters. The number of rotatable bonds is 4. The smallest absolute Gasteiger partial charge is 0.246 e. The number of aromatic nitrogens is 2. The molecule has 0 aliphatic carbocycles. The Labute approximate surface area is 120 Å². The van der Waals surface area contributed by atoms with Crippen molar-refractivity contribution in [3.63, 3.8) is 0 Å². The molecule has 1 fully saturated rings. The van der Waals surface area contributed by atoms with E-state index in [0.717, 1.165) is 25.7 Å². The Morgan fingerprint density at radius 1 is 1.53 bits per heavy atom. The number of nitrogens with two attached hydrogens (primary N) is 1. The summed E-state index contributed by atoms with van der Waals surface area (Å²) in [5, 5.41) is 6.48. The third kappa shape index (κ3) is 3.28. The zero-order valence-electron chi connectivity index (χ0n) is 11.0. The summed E-state index contributed by atoms with van der Waals surface area (Å²) in [6.07, 6.45) is 4.99. The van der Waals surface area contributed by atoms with Crippen LogP contribution in [0.5, 0.6) is 0 Å². The molecule has 0 spiro atoms. The lowest BCUT2D eigenvalue weighted by Gasteiger charge is -2.34. The first-order valence-corrected chi connectivity index (χ1v) is 7.73. The second kappa shape index (κ2) is 6.69. The van der Waals surface area contributed by atoms with E-state index in [1.54, 1.807) is 11.2 Å². The number of aryl methyl sites for hydroxylation is 1. The van der Waals surface area contributed by atoms with Crippen molar-refractivity contribution in [1.29, 1.82) is 0 Å². The van der Waals surface area contributed by atoms with E-state index in [9.17, 15) is 8.42 Å². The van der Waals surface area contributed by atoms with E-state index >= 15 is 0 Å². The van der Waals surface area contributed by atoms with Crippen molar-refractivity contribution in [2.45, 2.75) is 43.5 Å². The zero-order chi connectivity index (χ0) is 13.2. The van der Waals surface area contributed by atoms with Crippen LogP contribution in [-0.4, -0.2) is 42.1 Å². The van der Waals surface area contributed by atoms with Gasteiger partial charge >= 0.3 is 0 Å². The SMILES string of the molecule is Cc1[nH]ncc1S(=O)(=O)N1CCCCC1CCN.Cl. The van der Waals surface area contributed by atoms with Crippen LogP contribution in [0, 0.1) is 6.92 Å². The van der Waals surface area contributed by atoms with Gasteiger partial charge in [-0.3, -0.25) is 5.10 Å². The lowest BCUT2D eigenvalue weighted by molar-refractivity contribution is 0.243. The molecule has 19 heavy (non-hydrogen) atoms. The Hall–Kier alpha value is -0.630. The molecule has 0 amide bonds. The maximum atomic E-state index is 12.6. The number of nitrogens with zero attached hydrogens (tertiary/aromatic N) is 2. The van der Waals surface area contributed by atoms with Crippen molar-refractivity contribution in [2.24, 2.45) is 5.73 Å². The average Bonchev–Trinajstić information content (AvgIpc) is 2.77. The van der Waals surface area contributed by atoms with Crippen molar-refractivity contribution in [3.05, 3.63) is 11.9 Å². The minimum Gasteiger partial charge on any atom is -0.330 e. The van der Waals surface area contributed by atoms with Gasteiger partial charge < -0.3 is 5.73 Å². The lowest BCUT2D eigenvalue weighted by Crippen LogP contribution is -2.44. The molecule has 0 radical (unpaired) electrons.